The van der Waals surface area contributed by atoms with Crippen LogP contribution in [-0.2, 0) is 20.7 Å². The van der Waals surface area contributed by atoms with Gasteiger partial charge in [-0.3, -0.25) is 5.32 Å². The van der Waals surface area contributed by atoms with Crippen molar-refractivity contribution in [1.82, 2.24) is 0 Å². The Hall–Kier alpha value is -1.57. The third kappa shape index (κ3) is 3.26. The molecule has 1 aromatic carbocycles. The number of benzene rings is 1. The Kier molecular flexibility index (Phi) is 4.51. The summed E-state index contributed by atoms with van der Waals surface area (Å²) in [5.74, 6) is 0. The van der Waals surface area contributed by atoms with Crippen molar-refractivity contribution >= 4 is 24.4 Å². The number of rotatable bonds is 4. The van der Waals surface area contributed by atoms with Crippen molar-refractivity contribution in [3.8, 4) is 0 Å². The van der Waals surface area contributed by atoms with Crippen LogP contribution in [0, 0.1) is 0 Å². The summed E-state index contributed by atoms with van der Waals surface area (Å²) in [6.07, 6.45) is -1.13. The van der Waals surface area contributed by atoms with Crippen LogP contribution in [0.4, 0.5) is 10.5 Å². The lowest BCUT2D eigenvalue weighted by molar-refractivity contribution is 0.00578. The summed E-state index contributed by atoms with van der Waals surface area (Å²) in [7, 11) is 0.968. The molecule has 2 rings (SSSR count). The van der Waals surface area contributed by atoms with E-state index in [1.807, 2.05) is 39.8 Å². The molecule has 22 heavy (non-hydrogen) atoms. The third-order valence-corrected chi connectivity index (χ3v) is 4.18. The molecule has 1 fully saturated rings. The standard InChI is InChI=1S/C15H22BNO5/c1-14(2)15(3,4)22-16(21-14)11-7-6-10(9-20-5)8-12(11)17-13(18)19/h6-8,17H,9H2,1-5H3,(H,18,19). The maximum atomic E-state index is 11.0. The number of nitrogens with one attached hydrogen (secondary N) is 1. The van der Waals surface area contributed by atoms with Crippen molar-refractivity contribution in [3.63, 3.8) is 0 Å². The van der Waals surface area contributed by atoms with Crippen molar-refractivity contribution in [3.05, 3.63) is 23.8 Å². The van der Waals surface area contributed by atoms with Crippen LogP contribution in [0.1, 0.15) is 33.3 Å². The van der Waals surface area contributed by atoms with Crippen molar-refractivity contribution < 1.29 is 23.9 Å². The predicted molar refractivity (Wildman–Crippen MR) is 84.5 cm³/mol. The molecule has 0 radical (unpaired) electrons. The van der Waals surface area contributed by atoms with E-state index in [2.05, 4.69) is 5.32 Å². The second kappa shape index (κ2) is 5.91. The van der Waals surface area contributed by atoms with Crippen LogP contribution in [-0.4, -0.2) is 36.6 Å². The van der Waals surface area contributed by atoms with E-state index < -0.39 is 24.4 Å². The van der Waals surface area contributed by atoms with Gasteiger partial charge in [0.25, 0.3) is 0 Å². The number of ether oxygens (including phenoxy) is 1. The number of hydrogen-bond donors (Lipinski definition) is 2. The Labute approximate surface area is 130 Å². The molecular weight excluding hydrogens is 285 g/mol. The van der Waals surface area contributed by atoms with Gasteiger partial charge in [0.05, 0.1) is 17.8 Å². The first-order valence-corrected chi connectivity index (χ1v) is 7.13. The quantitative estimate of drug-likeness (QED) is 0.834. The monoisotopic (exact) mass is 307 g/mol. The summed E-state index contributed by atoms with van der Waals surface area (Å²) in [5, 5.41) is 11.4. The Morgan fingerprint density at radius 3 is 2.36 bits per heavy atom. The summed E-state index contributed by atoms with van der Waals surface area (Å²) in [6.45, 7) is 8.22. The van der Waals surface area contributed by atoms with Gasteiger partial charge in [-0.05, 0) is 39.3 Å². The molecule has 0 bridgehead atoms. The summed E-state index contributed by atoms with van der Waals surface area (Å²) >= 11 is 0. The first-order chi connectivity index (χ1) is 10.2. The van der Waals surface area contributed by atoms with E-state index in [0.29, 0.717) is 17.8 Å². The summed E-state index contributed by atoms with van der Waals surface area (Å²) < 4.78 is 17.1. The van der Waals surface area contributed by atoms with E-state index in [1.165, 1.54) is 0 Å². The minimum absolute atomic E-state index is 0.401. The van der Waals surface area contributed by atoms with E-state index in [0.717, 1.165) is 5.56 Å². The van der Waals surface area contributed by atoms with E-state index in [4.69, 9.17) is 19.2 Å². The minimum Gasteiger partial charge on any atom is -0.465 e. The van der Waals surface area contributed by atoms with E-state index in [-0.39, 0.29) is 0 Å². The van der Waals surface area contributed by atoms with Crippen LogP contribution in [0.15, 0.2) is 18.2 Å². The van der Waals surface area contributed by atoms with Gasteiger partial charge in [0.1, 0.15) is 0 Å². The molecule has 7 heteroatoms. The van der Waals surface area contributed by atoms with Gasteiger partial charge in [0.2, 0.25) is 0 Å². The summed E-state index contributed by atoms with van der Waals surface area (Å²) in [6, 6.07) is 5.41. The first kappa shape index (κ1) is 16.8. The molecule has 0 aromatic heterocycles. The van der Waals surface area contributed by atoms with E-state index in [9.17, 15) is 4.79 Å². The average Bonchev–Trinajstić information content (AvgIpc) is 2.58. The lowest BCUT2D eigenvalue weighted by Gasteiger charge is -2.32. The number of amides is 1. The maximum Gasteiger partial charge on any atom is 0.496 e. The van der Waals surface area contributed by atoms with Gasteiger partial charge in [0.15, 0.2) is 0 Å². The first-order valence-electron chi connectivity index (χ1n) is 7.13. The SMILES string of the molecule is COCc1ccc(B2OC(C)(C)C(C)(C)O2)c(NC(=O)O)c1. The zero-order chi connectivity index (χ0) is 16.5. The summed E-state index contributed by atoms with van der Waals surface area (Å²) in [5.41, 5.74) is 1.00. The Balaban J connectivity index is 2.36. The fraction of sp³-hybridized carbons (Fsp3) is 0.533. The van der Waals surface area contributed by atoms with Gasteiger partial charge >= 0.3 is 13.2 Å². The highest BCUT2D eigenvalue weighted by Crippen LogP contribution is 2.37. The molecule has 0 spiro atoms. The van der Waals surface area contributed by atoms with E-state index >= 15 is 0 Å². The van der Waals surface area contributed by atoms with Gasteiger partial charge in [-0.25, -0.2) is 4.79 Å². The largest absolute Gasteiger partial charge is 0.496 e. The van der Waals surface area contributed by atoms with Gasteiger partial charge in [-0.2, -0.15) is 0 Å². The highest BCUT2D eigenvalue weighted by atomic mass is 16.7. The molecule has 2 N–H and O–H groups in total. The van der Waals surface area contributed by atoms with Gasteiger partial charge in [-0.15, -0.1) is 0 Å². The van der Waals surface area contributed by atoms with Crippen LogP contribution in [0.2, 0.25) is 0 Å². The lowest BCUT2D eigenvalue weighted by atomic mass is 9.77. The molecule has 0 aliphatic carbocycles. The predicted octanol–water partition coefficient (Wildman–Crippen LogP) is 2.22. The number of carboxylic acid groups (broad SMARTS) is 1. The molecule has 6 nitrogen and oxygen atoms in total. The molecule has 0 atom stereocenters. The normalized spacial score (nSPS) is 19.2. The molecule has 0 saturated carbocycles. The zero-order valence-corrected chi connectivity index (χ0v) is 13.6. The minimum atomic E-state index is -1.13. The highest BCUT2D eigenvalue weighted by molar-refractivity contribution is 6.64. The van der Waals surface area contributed by atoms with Gasteiger partial charge in [0, 0.05) is 18.3 Å². The zero-order valence-electron chi connectivity index (χ0n) is 13.6. The number of anilines is 1. The van der Waals surface area contributed by atoms with Crippen LogP contribution >= 0.6 is 0 Å². The molecule has 1 aliphatic heterocycles. The van der Waals surface area contributed by atoms with Gasteiger partial charge in [-0.1, -0.05) is 12.1 Å². The van der Waals surface area contributed by atoms with Crippen LogP contribution < -0.4 is 10.8 Å². The summed E-state index contributed by atoms with van der Waals surface area (Å²) in [4.78, 5) is 11.0. The Morgan fingerprint density at radius 1 is 1.27 bits per heavy atom. The van der Waals surface area contributed by atoms with E-state index in [1.54, 1.807) is 13.2 Å². The lowest BCUT2D eigenvalue weighted by Crippen LogP contribution is -2.41. The van der Waals surface area contributed by atoms with Crippen LogP contribution in [0.5, 0.6) is 0 Å². The molecule has 120 valence electrons. The molecule has 1 amide bonds. The molecule has 1 aliphatic rings. The molecule has 1 heterocycles. The Bertz CT molecular complexity index is 557. The maximum absolute atomic E-state index is 11.0. The third-order valence-electron chi connectivity index (χ3n) is 4.18. The molecule has 1 aromatic rings. The fourth-order valence-corrected chi connectivity index (χ4v) is 2.26. The van der Waals surface area contributed by atoms with Crippen molar-refractivity contribution in [2.45, 2.75) is 45.5 Å². The topological polar surface area (TPSA) is 77.0 Å². The number of hydrogen-bond acceptors (Lipinski definition) is 4. The fourth-order valence-electron chi connectivity index (χ4n) is 2.26. The van der Waals surface area contributed by atoms with Crippen molar-refractivity contribution in [2.24, 2.45) is 0 Å². The molecule has 0 unspecified atom stereocenters. The smallest absolute Gasteiger partial charge is 0.465 e. The second-order valence-corrected chi connectivity index (χ2v) is 6.37. The average molecular weight is 307 g/mol. The molecule has 1 saturated heterocycles. The van der Waals surface area contributed by atoms with Crippen molar-refractivity contribution in [1.29, 1.82) is 0 Å². The molecular formula is C15H22BNO5. The Morgan fingerprint density at radius 2 is 1.86 bits per heavy atom. The van der Waals surface area contributed by atoms with Crippen LogP contribution in [0.25, 0.3) is 0 Å². The van der Waals surface area contributed by atoms with Crippen molar-refractivity contribution in [2.75, 3.05) is 12.4 Å². The highest BCUT2D eigenvalue weighted by Gasteiger charge is 2.52. The number of methoxy groups -OCH3 is 1. The van der Waals surface area contributed by atoms with Gasteiger partial charge < -0.3 is 19.2 Å². The second-order valence-electron chi connectivity index (χ2n) is 6.37. The van der Waals surface area contributed by atoms with Crippen LogP contribution in [0.3, 0.4) is 0 Å². The number of carbonyl (C=O) groups is 1.